The van der Waals surface area contributed by atoms with Gasteiger partial charge in [0.2, 0.25) is 0 Å². The Morgan fingerprint density at radius 1 is 1.22 bits per heavy atom. The number of benzene rings is 1. The van der Waals surface area contributed by atoms with Crippen LogP contribution in [-0.4, -0.2) is 24.9 Å². The minimum Gasteiger partial charge on any atom is -0.362 e. The Morgan fingerprint density at radius 3 is 2.96 bits per heavy atom. The number of anilines is 1. The summed E-state index contributed by atoms with van der Waals surface area (Å²) in [4.78, 5) is 20.4. The summed E-state index contributed by atoms with van der Waals surface area (Å²) in [7, 11) is 0. The van der Waals surface area contributed by atoms with Crippen molar-refractivity contribution >= 4 is 27.9 Å². The van der Waals surface area contributed by atoms with Gasteiger partial charge in [-0.15, -0.1) is 0 Å². The predicted octanol–water partition coefficient (Wildman–Crippen LogP) is 4.56. The third kappa shape index (κ3) is 3.32. The number of nitrogens with one attached hydrogen (secondary N) is 2. The summed E-state index contributed by atoms with van der Waals surface area (Å²) in [5, 5.41) is 4.23. The van der Waals surface area contributed by atoms with Crippen molar-refractivity contribution in [3.05, 3.63) is 54.0 Å². The maximum absolute atomic E-state index is 14.2. The summed E-state index contributed by atoms with van der Waals surface area (Å²) in [6.07, 6.45) is 5.96. The van der Waals surface area contributed by atoms with Gasteiger partial charge in [-0.25, -0.2) is 24.3 Å². The van der Waals surface area contributed by atoms with Gasteiger partial charge >= 0.3 is 0 Å². The van der Waals surface area contributed by atoms with Crippen molar-refractivity contribution in [1.82, 2.24) is 24.9 Å². The Balaban J connectivity index is 1.75. The molecule has 0 aliphatic rings. The van der Waals surface area contributed by atoms with Gasteiger partial charge in [-0.05, 0) is 37.5 Å². The van der Waals surface area contributed by atoms with E-state index in [0.717, 1.165) is 41.4 Å². The van der Waals surface area contributed by atoms with Crippen LogP contribution in [0.3, 0.4) is 0 Å². The largest absolute Gasteiger partial charge is 0.362 e. The Labute approximate surface area is 156 Å². The van der Waals surface area contributed by atoms with Crippen LogP contribution in [0.5, 0.6) is 0 Å². The first-order valence-electron chi connectivity index (χ1n) is 9.16. The third-order valence-corrected chi connectivity index (χ3v) is 4.72. The molecule has 2 N–H and O–H groups in total. The molecule has 0 aliphatic heterocycles. The summed E-state index contributed by atoms with van der Waals surface area (Å²) in [5.41, 5.74) is 3.78. The lowest BCUT2D eigenvalue weighted by atomic mass is 10.00. The van der Waals surface area contributed by atoms with Gasteiger partial charge < -0.3 is 10.3 Å². The number of hydrogen-bond acceptors (Lipinski definition) is 5. The van der Waals surface area contributed by atoms with Gasteiger partial charge in [0.25, 0.3) is 0 Å². The van der Waals surface area contributed by atoms with Crippen LogP contribution in [0.25, 0.3) is 22.1 Å². The number of nitrogens with zero attached hydrogens (tertiary/aromatic N) is 4. The number of hydrogen-bond donors (Lipinski definition) is 2. The summed E-state index contributed by atoms with van der Waals surface area (Å²) in [5.74, 6) is 0.401. The predicted molar refractivity (Wildman–Crippen MR) is 104 cm³/mol. The van der Waals surface area contributed by atoms with Gasteiger partial charge in [-0.2, -0.15) is 0 Å². The minimum atomic E-state index is -0.285. The molecule has 27 heavy (non-hydrogen) atoms. The fourth-order valence-corrected chi connectivity index (χ4v) is 3.29. The van der Waals surface area contributed by atoms with Crippen LogP contribution in [0.15, 0.2) is 36.9 Å². The van der Waals surface area contributed by atoms with E-state index < -0.39 is 0 Å². The van der Waals surface area contributed by atoms with Gasteiger partial charge in [-0.3, -0.25) is 0 Å². The van der Waals surface area contributed by atoms with Gasteiger partial charge in [0.05, 0.1) is 12.4 Å². The number of rotatable bonds is 6. The molecule has 0 unspecified atom stereocenters. The van der Waals surface area contributed by atoms with Crippen LogP contribution in [0.1, 0.15) is 44.0 Å². The zero-order valence-corrected chi connectivity index (χ0v) is 15.3. The lowest BCUT2D eigenvalue weighted by Crippen LogP contribution is -2.12. The Kier molecular flexibility index (Phi) is 4.66. The molecule has 3 heterocycles. The number of H-pyrrole nitrogens is 1. The van der Waals surface area contributed by atoms with E-state index in [0.29, 0.717) is 17.0 Å². The number of unbranched alkanes of at least 4 members (excludes halogenated alkanes) is 1. The first-order chi connectivity index (χ1) is 13.2. The van der Waals surface area contributed by atoms with Crippen LogP contribution in [-0.2, 0) is 6.42 Å². The topological polar surface area (TPSA) is 79.4 Å². The summed E-state index contributed by atoms with van der Waals surface area (Å²) in [6, 6.07) is 7.03. The molecular weight excluding hydrogens is 343 g/mol. The molecule has 0 saturated carbocycles. The highest BCUT2D eigenvalue weighted by Crippen LogP contribution is 2.28. The second-order valence-corrected chi connectivity index (χ2v) is 6.63. The molecule has 0 aliphatic carbocycles. The number of aromatic nitrogens is 5. The molecule has 0 saturated heterocycles. The average molecular weight is 364 g/mol. The molecule has 4 rings (SSSR count). The van der Waals surface area contributed by atoms with Crippen LogP contribution in [0.2, 0.25) is 0 Å². The molecule has 7 heteroatoms. The van der Waals surface area contributed by atoms with Crippen molar-refractivity contribution in [2.24, 2.45) is 0 Å². The Hall–Kier alpha value is -3.09. The van der Waals surface area contributed by atoms with Crippen molar-refractivity contribution in [2.75, 3.05) is 5.32 Å². The van der Waals surface area contributed by atoms with E-state index in [4.69, 9.17) is 0 Å². The average Bonchev–Trinajstić information content (AvgIpc) is 3.16. The molecule has 0 fully saturated rings. The molecule has 0 spiro atoms. The number of pyridine rings is 1. The normalized spacial score (nSPS) is 12.6. The van der Waals surface area contributed by atoms with E-state index >= 15 is 0 Å². The monoisotopic (exact) mass is 364 g/mol. The number of fused-ring (bicyclic) bond motifs is 2. The molecule has 0 amide bonds. The lowest BCUT2D eigenvalue weighted by Gasteiger charge is -2.19. The number of para-hydroxylation sites is 1. The van der Waals surface area contributed by atoms with E-state index in [1.807, 2.05) is 12.1 Å². The fraction of sp³-hybridized carbons (Fsp3) is 0.300. The van der Waals surface area contributed by atoms with Gasteiger partial charge in [0, 0.05) is 11.1 Å². The van der Waals surface area contributed by atoms with Gasteiger partial charge in [0.1, 0.15) is 23.2 Å². The van der Waals surface area contributed by atoms with Crippen LogP contribution in [0.4, 0.5) is 10.2 Å². The zero-order valence-electron chi connectivity index (χ0n) is 15.3. The van der Waals surface area contributed by atoms with Crippen molar-refractivity contribution in [3.63, 3.8) is 0 Å². The zero-order chi connectivity index (χ0) is 18.8. The lowest BCUT2D eigenvalue weighted by molar-refractivity contribution is 0.635. The van der Waals surface area contributed by atoms with Crippen molar-refractivity contribution in [1.29, 1.82) is 0 Å². The minimum absolute atomic E-state index is 0.0570. The highest BCUT2D eigenvalue weighted by Gasteiger charge is 2.17. The number of halogens is 1. The van der Waals surface area contributed by atoms with Crippen LogP contribution < -0.4 is 5.32 Å². The summed E-state index contributed by atoms with van der Waals surface area (Å²) in [6.45, 7) is 4.20. The molecule has 0 bridgehead atoms. The third-order valence-electron chi connectivity index (χ3n) is 4.72. The van der Waals surface area contributed by atoms with Gasteiger partial charge in [-0.1, -0.05) is 25.5 Å². The smallest absolute Gasteiger partial charge is 0.182 e. The van der Waals surface area contributed by atoms with E-state index in [-0.39, 0.29) is 11.9 Å². The van der Waals surface area contributed by atoms with E-state index in [2.05, 4.69) is 44.1 Å². The van der Waals surface area contributed by atoms with Crippen LogP contribution >= 0.6 is 0 Å². The van der Waals surface area contributed by atoms with E-state index in [1.165, 1.54) is 12.4 Å². The molecule has 1 aromatic carbocycles. The van der Waals surface area contributed by atoms with E-state index in [1.54, 1.807) is 12.4 Å². The SMILES string of the molecule is CCCCc1nc2c(F)cccc2cc1[C@H](C)Nc1ncnc2nc[nH]c12. The molecule has 4 aromatic rings. The number of imidazole rings is 1. The Bertz CT molecular complexity index is 1090. The molecule has 1 atom stereocenters. The number of aromatic amines is 1. The fourth-order valence-electron chi connectivity index (χ4n) is 3.29. The molecular formula is C20H21FN6. The standard InChI is InChI=1S/C20H21FN6/c1-3-4-8-16-14(9-13-6-5-7-15(21)17(13)27-16)12(2)26-20-18-19(23-10-22-18)24-11-25-20/h5-7,9-12H,3-4,8H2,1-2H3,(H2,22,23,24,25,26)/t12-/m0/s1. The molecule has 138 valence electrons. The first-order valence-corrected chi connectivity index (χ1v) is 9.16. The highest BCUT2D eigenvalue weighted by atomic mass is 19.1. The quantitative estimate of drug-likeness (QED) is 0.524. The first kappa shape index (κ1) is 17.3. The van der Waals surface area contributed by atoms with Crippen molar-refractivity contribution in [3.8, 4) is 0 Å². The van der Waals surface area contributed by atoms with Crippen molar-refractivity contribution < 1.29 is 4.39 Å². The Morgan fingerprint density at radius 2 is 2.11 bits per heavy atom. The highest BCUT2D eigenvalue weighted by molar-refractivity contribution is 5.83. The maximum atomic E-state index is 14.2. The second-order valence-electron chi connectivity index (χ2n) is 6.63. The molecule has 3 aromatic heterocycles. The maximum Gasteiger partial charge on any atom is 0.182 e. The van der Waals surface area contributed by atoms with E-state index in [9.17, 15) is 4.39 Å². The molecule has 0 radical (unpaired) electrons. The van der Waals surface area contributed by atoms with Crippen LogP contribution in [0, 0.1) is 5.82 Å². The number of aryl methyl sites for hydroxylation is 1. The summed E-state index contributed by atoms with van der Waals surface area (Å²) < 4.78 is 14.2. The van der Waals surface area contributed by atoms with Gasteiger partial charge in [0.15, 0.2) is 11.5 Å². The van der Waals surface area contributed by atoms with Crippen molar-refractivity contribution in [2.45, 2.75) is 39.2 Å². The second kappa shape index (κ2) is 7.26. The summed E-state index contributed by atoms with van der Waals surface area (Å²) >= 11 is 0. The molecule has 6 nitrogen and oxygen atoms in total.